The number of methoxy groups -OCH3 is 1. The average molecular weight is 491 g/mol. The molecule has 2 aromatic rings. The number of sulfone groups is 1. The molecular formula is C25H34N2O6S. The molecule has 0 aliphatic carbocycles. The van der Waals surface area contributed by atoms with Crippen LogP contribution in [0.5, 0.6) is 5.75 Å². The molecule has 9 heteroatoms. The number of benzene rings is 2. The van der Waals surface area contributed by atoms with Gasteiger partial charge in [-0.05, 0) is 54.5 Å². The summed E-state index contributed by atoms with van der Waals surface area (Å²) in [5, 5.41) is 9.04. The molecule has 34 heavy (non-hydrogen) atoms. The van der Waals surface area contributed by atoms with Gasteiger partial charge in [-0.15, -0.1) is 0 Å². The maximum absolute atomic E-state index is 12.3. The van der Waals surface area contributed by atoms with Crippen molar-refractivity contribution in [2.24, 2.45) is 10.9 Å². The van der Waals surface area contributed by atoms with Gasteiger partial charge in [0, 0.05) is 26.1 Å². The fourth-order valence-corrected chi connectivity index (χ4v) is 4.75. The molecule has 0 radical (unpaired) electrons. The van der Waals surface area contributed by atoms with Gasteiger partial charge in [-0.3, -0.25) is 15.0 Å². The number of carbonyl (C=O) groups excluding carboxylic acids is 1. The fourth-order valence-electron chi connectivity index (χ4n) is 3.78. The molecular weight excluding hydrogens is 456 g/mol. The Kier molecular flexibility index (Phi) is 9.78. The topological polar surface area (TPSA) is 114 Å². The Balaban J connectivity index is 2.11. The lowest BCUT2D eigenvalue weighted by molar-refractivity contribution is -0.131. The van der Waals surface area contributed by atoms with Crippen LogP contribution in [-0.4, -0.2) is 63.6 Å². The van der Waals surface area contributed by atoms with E-state index < -0.39 is 20.5 Å². The monoisotopic (exact) mass is 490 g/mol. The Morgan fingerprint density at radius 2 is 1.65 bits per heavy atom. The zero-order valence-electron chi connectivity index (χ0n) is 20.4. The molecule has 2 rings (SSSR count). The van der Waals surface area contributed by atoms with E-state index in [1.165, 1.54) is 12.4 Å². The van der Waals surface area contributed by atoms with Crippen molar-refractivity contribution in [2.75, 3.05) is 33.6 Å². The number of hydroxylamine groups is 1. The smallest absolute Gasteiger partial charge is 0.264 e. The molecule has 2 aromatic carbocycles. The molecule has 0 heterocycles. The van der Waals surface area contributed by atoms with Crippen LogP contribution in [0.3, 0.4) is 0 Å². The van der Waals surface area contributed by atoms with Gasteiger partial charge in [0.25, 0.3) is 5.91 Å². The largest absolute Gasteiger partial charge is 0.491 e. The summed E-state index contributed by atoms with van der Waals surface area (Å²) < 4.78 is 33.4. The summed E-state index contributed by atoms with van der Waals surface area (Å²) in [6.07, 6.45) is 1.53. The van der Waals surface area contributed by atoms with Crippen molar-refractivity contribution in [3.63, 3.8) is 0 Å². The summed E-state index contributed by atoms with van der Waals surface area (Å²) in [5.74, 6) is -0.333. The molecule has 0 saturated heterocycles. The van der Waals surface area contributed by atoms with E-state index in [-0.39, 0.29) is 12.3 Å². The maximum atomic E-state index is 12.3. The Bertz CT molecular complexity index is 1080. The number of rotatable bonds is 12. The van der Waals surface area contributed by atoms with Gasteiger partial charge in [0.05, 0.1) is 6.61 Å². The first-order valence-corrected chi connectivity index (χ1v) is 12.9. The molecule has 1 amide bonds. The van der Waals surface area contributed by atoms with Crippen LogP contribution in [0, 0.1) is 5.92 Å². The van der Waals surface area contributed by atoms with E-state index in [9.17, 15) is 13.2 Å². The minimum absolute atomic E-state index is 0.0497. The van der Waals surface area contributed by atoms with Crippen LogP contribution in [0.1, 0.15) is 32.3 Å². The summed E-state index contributed by atoms with van der Waals surface area (Å²) in [7, 11) is -0.430. The lowest BCUT2D eigenvalue weighted by Gasteiger charge is -2.28. The maximum Gasteiger partial charge on any atom is 0.264 e. The van der Waals surface area contributed by atoms with E-state index in [4.69, 9.17) is 14.7 Å². The molecule has 0 saturated carbocycles. The second-order valence-electron chi connectivity index (χ2n) is 8.57. The van der Waals surface area contributed by atoms with E-state index in [0.29, 0.717) is 19.6 Å². The van der Waals surface area contributed by atoms with Crippen LogP contribution < -0.4 is 10.2 Å². The Labute approximate surface area is 201 Å². The Hall–Kier alpha value is -2.75. The standard InChI is InChI=1S/C25H34N2O6S/c1-18(17-25(2,24(28)27-29)34(5,30)31)16-23(26-3)21-8-6-19(7-9-21)20-10-12-22(13-11-20)33-15-14-32-4/h6-13,18,29H,14-17H2,1-5H3,(H,27,28)/b26-23+/t18-,25-/m1/s1. The van der Waals surface area contributed by atoms with Gasteiger partial charge in [0.15, 0.2) is 9.84 Å². The average Bonchev–Trinajstić information content (AvgIpc) is 2.82. The van der Waals surface area contributed by atoms with Gasteiger partial charge < -0.3 is 9.47 Å². The molecule has 0 unspecified atom stereocenters. The normalized spacial score (nSPS) is 14.8. The third-order valence-corrected chi connectivity index (χ3v) is 7.90. The van der Waals surface area contributed by atoms with Gasteiger partial charge in [-0.1, -0.05) is 43.3 Å². The van der Waals surface area contributed by atoms with Gasteiger partial charge in [0.2, 0.25) is 0 Å². The van der Waals surface area contributed by atoms with E-state index in [1.54, 1.807) is 14.2 Å². The second-order valence-corrected chi connectivity index (χ2v) is 11.0. The van der Waals surface area contributed by atoms with Crippen LogP contribution in [0.25, 0.3) is 11.1 Å². The highest BCUT2D eigenvalue weighted by atomic mass is 32.2. The van der Waals surface area contributed by atoms with Crippen molar-refractivity contribution >= 4 is 21.5 Å². The zero-order valence-corrected chi connectivity index (χ0v) is 21.2. The van der Waals surface area contributed by atoms with Crippen molar-refractivity contribution in [3.8, 4) is 16.9 Å². The van der Waals surface area contributed by atoms with Gasteiger partial charge in [-0.2, -0.15) is 0 Å². The molecule has 0 bridgehead atoms. The summed E-state index contributed by atoms with van der Waals surface area (Å²) in [5.41, 5.74) is 5.31. The van der Waals surface area contributed by atoms with Gasteiger partial charge >= 0.3 is 0 Å². The van der Waals surface area contributed by atoms with Crippen LogP contribution in [-0.2, 0) is 19.4 Å². The lowest BCUT2D eigenvalue weighted by Crippen LogP contribution is -2.50. The first kappa shape index (κ1) is 27.5. The van der Waals surface area contributed by atoms with Gasteiger partial charge in [0.1, 0.15) is 17.1 Å². The number of nitrogens with zero attached hydrogens (tertiary/aromatic N) is 1. The molecule has 8 nitrogen and oxygen atoms in total. The Morgan fingerprint density at radius 1 is 1.09 bits per heavy atom. The predicted octanol–water partition coefficient (Wildman–Crippen LogP) is 3.52. The summed E-state index contributed by atoms with van der Waals surface area (Å²) >= 11 is 0. The number of amides is 1. The molecule has 0 aliphatic heterocycles. The number of ether oxygens (including phenoxy) is 2. The zero-order chi connectivity index (χ0) is 25.4. The van der Waals surface area contributed by atoms with E-state index in [0.717, 1.165) is 34.4 Å². The summed E-state index contributed by atoms with van der Waals surface area (Å²) in [6.45, 7) is 4.22. The van der Waals surface area contributed by atoms with Crippen molar-refractivity contribution in [1.82, 2.24) is 5.48 Å². The van der Waals surface area contributed by atoms with Crippen LogP contribution in [0.2, 0.25) is 0 Å². The molecule has 0 fully saturated rings. The molecule has 2 atom stereocenters. The minimum atomic E-state index is -3.75. The summed E-state index contributed by atoms with van der Waals surface area (Å²) in [6, 6.07) is 15.8. The molecule has 0 aromatic heterocycles. The lowest BCUT2D eigenvalue weighted by atomic mass is 9.89. The van der Waals surface area contributed by atoms with Crippen LogP contribution in [0.4, 0.5) is 0 Å². The third kappa shape index (κ3) is 6.88. The van der Waals surface area contributed by atoms with Crippen LogP contribution >= 0.6 is 0 Å². The van der Waals surface area contributed by atoms with E-state index in [1.807, 2.05) is 55.5 Å². The first-order valence-electron chi connectivity index (χ1n) is 11.0. The highest BCUT2D eigenvalue weighted by molar-refractivity contribution is 7.92. The van der Waals surface area contributed by atoms with Gasteiger partial charge in [-0.25, -0.2) is 13.9 Å². The number of hydrogen-bond donors (Lipinski definition) is 2. The number of nitrogens with one attached hydrogen (secondary N) is 1. The highest BCUT2D eigenvalue weighted by Crippen LogP contribution is 2.29. The summed E-state index contributed by atoms with van der Waals surface area (Å²) in [4.78, 5) is 16.5. The number of carbonyl (C=O) groups is 1. The number of aliphatic imine (C=N–C) groups is 1. The third-order valence-electron chi connectivity index (χ3n) is 5.91. The quantitative estimate of drug-likeness (QED) is 0.204. The van der Waals surface area contributed by atoms with Crippen molar-refractivity contribution in [2.45, 2.75) is 31.4 Å². The fraction of sp³-hybridized carbons (Fsp3) is 0.440. The Morgan fingerprint density at radius 3 is 2.12 bits per heavy atom. The van der Waals surface area contributed by atoms with Crippen molar-refractivity contribution < 1.29 is 27.9 Å². The SMILES string of the molecule is C/N=C(\C[C@@H](C)C[C@](C)(C(=O)NO)S(C)(=O)=O)c1ccc(-c2ccc(OCCOC)cc2)cc1. The molecule has 186 valence electrons. The number of hydrogen-bond acceptors (Lipinski definition) is 7. The molecule has 2 N–H and O–H groups in total. The van der Waals surface area contributed by atoms with Crippen molar-refractivity contribution in [1.29, 1.82) is 0 Å². The van der Waals surface area contributed by atoms with E-state index in [2.05, 4.69) is 4.99 Å². The second kappa shape index (κ2) is 12.1. The molecule has 0 spiro atoms. The first-order chi connectivity index (χ1) is 16.1. The molecule has 0 aliphatic rings. The minimum Gasteiger partial charge on any atom is -0.491 e. The van der Waals surface area contributed by atoms with Crippen molar-refractivity contribution in [3.05, 3.63) is 54.1 Å². The highest BCUT2D eigenvalue weighted by Gasteiger charge is 2.44. The predicted molar refractivity (Wildman–Crippen MR) is 133 cm³/mol. The van der Waals surface area contributed by atoms with Crippen LogP contribution in [0.15, 0.2) is 53.5 Å². The van der Waals surface area contributed by atoms with E-state index >= 15 is 0 Å².